The van der Waals surface area contributed by atoms with Crippen LogP contribution in [-0.4, -0.2) is 55.1 Å². The summed E-state index contributed by atoms with van der Waals surface area (Å²) in [5.74, 6) is -7.76. The van der Waals surface area contributed by atoms with Gasteiger partial charge in [-0.2, -0.15) is 0 Å². The Morgan fingerprint density at radius 2 is 1.15 bits per heavy atom. The van der Waals surface area contributed by atoms with E-state index in [1.807, 2.05) is 0 Å². The van der Waals surface area contributed by atoms with Gasteiger partial charge in [-0.15, -0.1) is 0 Å². The van der Waals surface area contributed by atoms with Crippen LogP contribution in [0.5, 0.6) is 28.7 Å². The molecule has 3 rings (SSSR count). The molecule has 0 fully saturated rings. The van der Waals surface area contributed by atoms with Crippen molar-refractivity contribution in [2.75, 3.05) is 0 Å². The molecule has 0 aromatic heterocycles. The Labute approximate surface area is 268 Å². The van der Waals surface area contributed by atoms with Gasteiger partial charge < -0.3 is 29.9 Å². The van der Waals surface area contributed by atoms with Gasteiger partial charge in [0.2, 0.25) is 11.2 Å². The number of carbonyl (C=O) groups excluding carboxylic acids is 5. The Hall–Kier alpha value is -4.41. The molecule has 0 aliphatic carbocycles. The summed E-state index contributed by atoms with van der Waals surface area (Å²) in [6.07, 6.45) is -0.725. The number of rotatable bonds is 16. The van der Waals surface area contributed by atoms with Gasteiger partial charge in [0.05, 0.1) is 5.56 Å². The van der Waals surface area contributed by atoms with E-state index in [9.17, 15) is 39.6 Å². The topological polar surface area (TPSA) is 185 Å². The van der Waals surface area contributed by atoms with Crippen LogP contribution in [0.4, 0.5) is 0 Å². The Bertz CT molecular complexity index is 1490. The first-order chi connectivity index (χ1) is 21.8. The molecule has 1 heterocycles. The molecule has 2 unspecified atom stereocenters. The number of hydrogen-bond donors (Lipinski definition) is 4. The van der Waals surface area contributed by atoms with Crippen molar-refractivity contribution in [1.29, 1.82) is 0 Å². The van der Waals surface area contributed by atoms with Gasteiger partial charge >= 0.3 is 5.97 Å². The zero-order valence-corrected chi connectivity index (χ0v) is 27.1. The number of esters is 1. The number of ether oxygens (including phenoxy) is 2. The highest BCUT2D eigenvalue weighted by molar-refractivity contribution is 6.22. The van der Waals surface area contributed by atoms with Gasteiger partial charge in [0.25, 0.3) is 0 Å². The summed E-state index contributed by atoms with van der Waals surface area (Å²) in [7, 11) is 0. The smallest absolute Gasteiger partial charge is 0.307 e. The van der Waals surface area contributed by atoms with E-state index in [4.69, 9.17) is 9.47 Å². The SMILES string of the molecule is CCCC(=O)OC1(C(=O)CCC)C(C(=O)CCC)(c2ccc(O)c(O)c2)Oc2cc(O)cc(O)c2C1(C(=O)CCC)C(=O)CCC. The van der Waals surface area contributed by atoms with Crippen LogP contribution in [-0.2, 0) is 39.7 Å². The van der Waals surface area contributed by atoms with Crippen LogP contribution in [0, 0.1) is 0 Å². The van der Waals surface area contributed by atoms with Crippen LogP contribution in [0.15, 0.2) is 30.3 Å². The van der Waals surface area contributed by atoms with E-state index in [1.54, 1.807) is 34.6 Å². The summed E-state index contributed by atoms with van der Waals surface area (Å²) in [4.78, 5) is 73.6. The average Bonchev–Trinajstić information content (AvgIpc) is 2.98. The molecule has 4 N–H and O–H groups in total. The van der Waals surface area contributed by atoms with Gasteiger partial charge in [0, 0.05) is 49.8 Å². The lowest BCUT2D eigenvalue weighted by Gasteiger charge is -2.58. The largest absolute Gasteiger partial charge is 0.508 e. The number of phenols is 4. The maximum absolute atomic E-state index is 15.1. The monoisotopic (exact) mass is 640 g/mol. The minimum Gasteiger partial charge on any atom is -0.508 e. The minimum absolute atomic E-state index is 0.138. The van der Waals surface area contributed by atoms with Gasteiger partial charge in [0.15, 0.2) is 40.0 Å². The van der Waals surface area contributed by atoms with Gasteiger partial charge in [-0.05, 0) is 44.2 Å². The molecule has 0 saturated heterocycles. The second-order valence-corrected chi connectivity index (χ2v) is 11.7. The maximum Gasteiger partial charge on any atom is 0.307 e. The molecular formula is C35H44O11. The first-order valence-electron chi connectivity index (χ1n) is 15.9. The molecule has 11 heteroatoms. The van der Waals surface area contributed by atoms with E-state index >= 15 is 4.79 Å². The number of phenolic OH excluding ortho intramolecular Hbond substituents is 4. The number of aromatic hydroxyl groups is 4. The highest BCUT2D eigenvalue weighted by atomic mass is 16.6. The molecular weight excluding hydrogens is 596 g/mol. The number of benzene rings is 2. The average molecular weight is 641 g/mol. The van der Waals surface area contributed by atoms with Crippen molar-refractivity contribution in [3.8, 4) is 28.7 Å². The molecule has 11 nitrogen and oxygen atoms in total. The highest BCUT2D eigenvalue weighted by Gasteiger charge is 2.82. The fraction of sp³-hybridized carbons (Fsp3) is 0.514. The van der Waals surface area contributed by atoms with Gasteiger partial charge in [0.1, 0.15) is 17.2 Å². The van der Waals surface area contributed by atoms with E-state index in [1.165, 1.54) is 6.07 Å². The molecule has 0 spiro atoms. The van der Waals surface area contributed by atoms with E-state index in [0.717, 1.165) is 24.3 Å². The van der Waals surface area contributed by atoms with Crippen molar-refractivity contribution in [1.82, 2.24) is 0 Å². The molecule has 0 amide bonds. The summed E-state index contributed by atoms with van der Waals surface area (Å²) in [5, 5.41) is 43.1. The Balaban J connectivity index is 2.89. The molecule has 0 bridgehead atoms. The third-order valence-electron chi connectivity index (χ3n) is 8.36. The number of hydrogen-bond acceptors (Lipinski definition) is 11. The van der Waals surface area contributed by atoms with Crippen molar-refractivity contribution in [2.24, 2.45) is 0 Å². The molecule has 2 atom stereocenters. The molecule has 46 heavy (non-hydrogen) atoms. The van der Waals surface area contributed by atoms with Crippen molar-refractivity contribution in [3.63, 3.8) is 0 Å². The van der Waals surface area contributed by atoms with E-state index < -0.39 is 80.0 Å². The Morgan fingerprint density at radius 3 is 1.67 bits per heavy atom. The molecule has 0 saturated carbocycles. The standard InChI is InChI=1S/C35H44O11/c1-6-11-27(40)33(28(41)12-7-2)32-25(39)19-22(36)20-26(32)45-34(29(42)13-8-3,21-16-17-23(37)24(38)18-21)35(33,30(43)14-9-4)46-31(44)15-10-5/h16-20,36-39H,6-15H2,1-5H3. The fourth-order valence-electron chi connectivity index (χ4n) is 6.64. The van der Waals surface area contributed by atoms with Gasteiger partial charge in [-0.1, -0.05) is 40.7 Å². The molecule has 1 aliphatic heterocycles. The molecule has 250 valence electrons. The Morgan fingerprint density at radius 1 is 0.630 bits per heavy atom. The van der Waals surface area contributed by atoms with Crippen LogP contribution >= 0.6 is 0 Å². The van der Waals surface area contributed by atoms with Crippen molar-refractivity contribution >= 4 is 29.1 Å². The second kappa shape index (κ2) is 14.3. The number of Topliss-reactive ketones (excluding diaryl/α,β-unsaturated/α-hetero) is 4. The molecule has 2 aromatic rings. The zero-order valence-electron chi connectivity index (χ0n) is 27.1. The first-order valence-corrected chi connectivity index (χ1v) is 15.9. The summed E-state index contributed by atoms with van der Waals surface area (Å²) >= 11 is 0. The van der Waals surface area contributed by atoms with Crippen LogP contribution in [0.3, 0.4) is 0 Å². The molecule has 1 aliphatic rings. The lowest BCUT2D eigenvalue weighted by molar-refractivity contribution is -0.220. The summed E-state index contributed by atoms with van der Waals surface area (Å²) in [6, 6.07) is 5.07. The van der Waals surface area contributed by atoms with E-state index in [2.05, 4.69) is 0 Å². The highest BCUT2D eigenvalue weighted by Crippen LogP contribution is 2.63. The second-order valence-electron chi connectivity index (χ2n) is 11.7. The van der Waals surface area contributed by atoms with Gasteiger partial charge in [-0.3, -0.25) is 24.0 Å². The summed E-state index contributed by atoms with van der Waals surface area (Å²) < 4.78 is 12.7. The zero-order chi connectivity index (χ0) is 34.4. The van der Waals surface area contributed by atoms with Crippen LogP contribution < -0.4 is 4.74 Å². The quantitative estimate of drug-likeness (QED) is 0.102. The van der Waals surface area contributed by atoms with Crippen molar-refractivity contribution in [2.45, 2.75) is 115 Å². The van der Waals surface area contributed by atoms with Crippen LogP contribution in [0.25, 0.3) is 0 Å². The summed E-state index contributed by atoms with van der Waals surface area (Å²) in [5.41, 5.74) is -9.51. The maximum atomic E-state index is 15.1. The van der Waals surface area contributed by atoms with Crippen LogP contribution in [0.1, 0.15) is 110 Å². The fourth-order valence-corrected chi connectivity index (χ4v) is 6.64. The summed E-state index contributed by atoms with van der Waals surface area (Å²) in [6.45, 7) is 8.33. The molecule has 0 radical (unpaired) electrons. The number of fused-ring (bicyclic) bond motifs is 1. The van der Waals surface area contributed by atoms with E-state index in [0.29, 0.717) is 0 Å². The first kappa shape index (κ1) is 36.1. The normalized spacial score (nSPS) is 19.8. The van der Waals surface area contributed by atoms with Crippen molar-refractivity contribution < 1.29 is 53.9 Å². The van der Waals surface area contributed by atoms with Crippen molar-refractivity contribution in [3.05, 3.63) is 41.5 Å². The third-order valence-corrected chi connectivity index (χ3v) is 8.36. The lowest BCUT2D eigenvalue weighted by Crippen LogP contribution is -2.80. The predicted octanol–water partition coefficient (Wildman–Crippen LogP) is 5.59. The Kier molecular flexibility index (Phi) is 11.2. The lowest BCUT2D eigenvalue weighted by atomic mass is 9.49. The van der Waals surface area contributed by atoms with E-state index in [-0.39, 0.29) is 69.8 Å². The number of carbonyl (C=O) groups is 5. The minimum atomic E-state index is -3.07. The van der Waals surface area contributed by atoms with Crippen LogP contribution in [0.2, 0.25) is 0 Å². The van der Waals surface area contributed by atoms with Gasteiger partial charge in [-0.25, -0.2) is 0 Å². The number of ketones is 4. The molecule has 2 aromatic carbocycles. The predicted molar refractivity (Wildman–Crippen MR) is 167 cm³/mol. The third kappa shape index (κ3) is 5.49.